The lowest BCUT2D eigenvalue weighted by molar-refractivity contribution is 0.310. The molecule has 39 heavy (non-hydrogen) atoms. The van der Waals surface area contributed by atoms with Gasteiger partial charge in [0, 0.05) is 5.41 Å². The molecule has 0 radical (unpaired) electrons. The van der Waals surface area contributed by atoms with E-state index in [-0.39, 0.29) is 5.41 Å². The first-order valence-corrected chi connectivity index (χ1v) is 16.5. The molecule has 2 aliphatic carbocycles. The predicted octanol–water partition coefficient (Wildman–Crippen LogP) is 13.1. The molecule has 1 aromatic carbocycles. The zero-order valence-electron chi connectivity index (χ0n) is 28.0. The number of hydrogen-bond donors (Lipinski definition) is 0. The fourth-order valence-electron chi connectivity index (χ4n) is 6.62. The van der Waals surface area contributed by atoms with Crippen LogP contribution in [0.2, 0.25) is 0 Å². The van der Waals surface area contributed by atoms with Crippen molar-refractivity contribution < 1.29 is 0 Å². The minimum atomic E-state index is 0.118. The minimum absolute atomic E-state index is 0.118. The Kier molecular flexibility index (Phi) is 15.4. The van der Waals surface area contributed by atoms with Crippen LogP contribution in [-0.2, 0) is 6.42 Å². The number of benzene rings is 1. The molecule has 0 saturated carbocycles. The van der Waals surface area contributed by atoms with Crippen molar-refractivity contribution in [1.82, 2.24) is 0 Å². The zero-order chi connectivity index (χ0) is 29.5. The van der Waals surface area contributed by atoms with Crippen molar-refractivity contribution in [3.8, 4) is 0 Å². The molecule has 0 aromatic heterocycles. The summed E-state index contributed by atoms with van der Waals surface area (Å²) in [4.78, 5) is 0. The largest absolute Gasteiger partial charge is 0.0842 e. The summed E-state index contributed by atoms with van der Waals surface area (Å²) in [6.45, 7) is 25.1. The van der Waals surface area contributed by atoms with Gasteiger partial charge < -0.3 is 0 Å². The number of hydrogen-bond acceptors (Lipinski definition) is 0. The minimum Gasteiger partial charge on any atom is -0.0842 e. The van der Waals surface area contributed by atoms with E-state index in [1.54, 1.807) is 11.1 Å². The Labute approximate surface area is 245 Å². The standard InChI is InChI=1S/C22H32.C15H26.C2H6/c1-7-10-20-21(4,5)19(15-16-22(20,6)9-3)18-13-11-17(8-2)12-14-18;1-4-6-13-15(3,12-5-2)14-10-8-7-9-11-14;1-2/h10-15H,7-9,16H2,1-6H3;8,10-11H,4-7,9,12-13H2,1-3H3;1-2H3/b20-10-;;. The molecule has 2 unspecified atom stereocenters. The maximum absolute atomic E-state index is 2.50. The summed E-state index contributed by atoms with van der Waals surface area (Å²) in [5, 5.41) is 0. The molecule has 2 atom stereocenters. The van der Waals surface area contributed by atoms with E-state index in [9.17, 15) is 0 Å². The second kappa shape index (κ2) is 17.1. The number of unbranched alkanes of at least 4 members (excludes halogenated alkanes) is 1. The second-order valence-electron chi connectivity index (χ2n) is 12.5. The van der Waals surface area contributed by atoms with Crippen LogP contribution in [0.3, 0.4) is 0 Å². The summed E-state index contributed by atoms with van der Waals surface area (Å²) in [5.74, 6) is 0. The molecular formula is C39H64. The molecule has 0 N–H and O–H groups in total. The van der Waals surface area contributed by atoms with E-state index < -0.39 is 0 Å². The fourth-order valence-corrected chi connectivity index (χ4v) is 6.62. The van der Waals surface area contributed by atoms with Gasteiger partial charge in [0.2, 0.25) is 0 Å². The molecule has 0 heterocycles. The van der Waals surface area contributed by atoms with Gasteiger partial charge in [-0.05, 0) is 84.5 Å². The van der Waals surface area contributed by atoms with E-state index in [0.717, 1.165) is 19.3 Å². The monoisotopic (exact) mass is 533 g/mol. The van der Waals surface area contributed by atoms with E-state index in [0.29, 0.717) is 10.8 Å². The molecule has 0 spiro atoms. The maximum Gasteiger partial charge on any atom is 0.0113 e. The Hall–Kier alpha value is -1.82. The Bertz CT molecular complexity index is 948. The second-order valence-corrected chi connectivity index (χ2v) is 12.5. The molecule has 3 rings (SSSR count). The van der Waals surface area contributed by atoms with Crippen molar-refractivity contribution in [1.29, 1.82) is 0 Å². The molecule has 0 heteroatoms. The van der Waals surface area contributed by atoms with Gasteiger partial charge >= 0.3 is 0 Å². The SMILES string of the molecule is CC.CC/C=C1\C(C)(CC)CC=C(c2ccc(CC)cc2)C1(C)C.CCCCC(C)(CCC)C1=CCCC=C1. The zero-order valence-corrected chi connectivity index (χ0v) is 28.0. The van der Waals surface area contributed by atoms with Crippen LogP contribution < -0.4 is 0 Å². The third kappa shape index (κ3) is 9.37. The first-order valence-electron chi connectivity index (χ1n) is 16.5. The molecule has 0 amide bonds. The maximum atomic E-state index is 2.50. The van der Waals surface area contributed by atoms with Gasteiger partial charge in [0.15, 0.2) is 0 Å². The first-order chi connectivity index (χ1) is 18.6. The summed E-state index contributed by atoms with van der Waals surface area (Å²) in [5.41, 5.74) is 8.41. The van der Waals surface area contributed by atoms with E-state index in [1.807, 2.05) is 13.8 Å². The highest BCUT2D eigenvalue weighted by atomic mass is 14.5. The summed E-state index contributed by atoms with van der Waals surface area (Å²) in [7, 11) is 0. The van der Waals surface area contributed by atoms with Crippen LogP contribution in [0, 0.1) is 16.2 Å². The van der Waals surface area contributed by atoms with Crippen LogP contribution in [0.5, 0.6) is 0 Å². The van der Waals surface area contributed by atoms with Gasteiger partial charge in [-0.2, -0.15) is 0 Å². The fraction of sp³-hybridized carbons (Fsp3) is 0.641. The van der Waals surface area contributed by atoms with E-state index in [1.165, 1.54) is 68.1 Å². The van der Waals surface area contributed by atoms with Crippen LogP contribution in [0.15, 0.2) is 65.8 Å². The first kappa shape index (κ1) is 35.2. The Balaban J connectivity index is 0.000000391. The van der Waals surface area contributed by atoms with Gasteiger partial charge in [0.05, 0.1) is 0 Å². The van der Waals surface area contributed by atoms with Crippen LogP contribution in [0.25, 0.3) is 5.57 Å². The van der Waals surface area contributed by atoms with E-state index in [2.05, 4.69) is 117 Å². The lowest BCUT2D eigenvalue weighted by atomic mass is 9.58. The summed E-state index contributed by atoms with van der Waals surface area (Å²) < 4.78 is 0. The normalized spacial score (nSPS) is 22.5. The molecule has 0 aliphatic heterocycles. The van der Waals surface area contributed by atoms with Crippen LogP contribution in [0.4, 0.5) is 0 Å². The van der Waals surface area contributed by atoms with Gasteiger partial charge in [0.1, 0.15) is 0 Å². The van der Waals surface area contributed by atoms with Crippen molar-refractivity contribution in [2.75, 3.05) is 0 Å². The van der Waals surface area contributed by atoms with Gasteiger partial charge in [-0.3, -0.25) is 0 Å². The molecule has 220 valence electrons. The molecule has 0 saturated heterocycles. The van der Waals surface area contributed by atoms with Gasteiger partial charge in [-0.1, -0.05) is 156 Å². The average Bonchev–Trinajstić information content (AvgIpc) is 2.96. The summed E-state index contributed by atoms with van der Waals surface area (Å²) in [6, 6.07) is 9.18. The topological polar surface area (TPSA) is 0 Å². The van der Waals surface area contributed by atoms with Crippen molar-refractivity contribution in [3.05, 3.63) is 76.9 Å². The third-order valence-corrected chi connectivity index (χ3v) is 9.19. The Morgan fingerprint density at radius 1 is 0.846 bits per heavy atom. The van der Waals surface area contributed by atoms with E-state index in [4.69, 9.17) is 0 Å². The predicted molar refractivity (Wildman–Crippen MR) is 179 cm³/mol. The van der Waals surface area contributed by atoms with Crippen molar-refractivity contribution >= 4 is 5.57 Å². The molecule has 1 aromatic rings. The highest BCUT2D eigenvalue weighted by molar-refractivity contribution is 5.75. The quantitative estimate of drug-likeness (QED) is 0.263. The van der Waals surface area contributed by atoms with E-state index >= 15 is 0 Å². The van der Waals surface area contributed by atoms with Crippen LogP contribution in [-0.4, -0.2) is 0 Å². The molecular weight excluding hydrogens is 468 g/mol. The van der Waals surface area contributed by atoms with Crippen LogP contribution in [0.1, 0.15) is 151 Å². The number of aryl methyl sites for hydroxylation is 1. The highest BCUT2D eigenvalue weighted by Gasteiger charge is 2.42. The summed E-state index contributed by atoms with van der Waals surface area (Å²) >= 11 is 0. The Morgan fingerprint density at radius 3 is 2.00 bits per heavy atom. The van der Waals surface area contributed by atoms with Crippen molar-refractivity contribution in [2.24, 2.45) is 16.2 Å². The highest BCUT2D eigenvalue weighted by Crippen LogP contribution is 2.55. The average molecular weight is 533 g/mol. The van der Waals surface area contributed by atoms with Crippen molar-refractivity contribution in [3.63, 3.8) is 0 Å². The Morgan fingerprint density at radius 2 is 1.51 bits per heavy atom. The smallest absolute Gasteiger partial charge is 0.0113 e. The molecule has 2 aliphatic rings. The lowest BCUT2D eigenvalue weighted by Gasteiger charge is -2.46. The number of allylic oxidation sites excluding steroid dienone is 8. The lowest BCUT2D eigenvalue weighted by Crippen LogP contribution is -2.33. The molecule has 0 nitrogen and oxygen atoms in total. The third-order valence-electron chi connectivity index (χ3n) is 9.19. The van der Waals surface area contributed by atoms with Crippen LogP contribution >= 0.6 is 0 Å². The van der Waals surface area contributed by atoms with Gasteiger partial charge in [0.25, 0.3) is 0 Å². The number of rotatable bonds is 10. The van der Waals surface area contributed by atoms with Gasteiger partial charge in [-0.25, -0.2) is 0 Å². The molecule has 0 bridgehead atoms. The van der Waals surface area contributed by atoms with Gasteiger partial charge in [-0.15, -0.1) is 0 Å². The summed E-state index contributed by atoms with van der Waals surface area (Å²) in [6.07, 6.45) is 25.9. The molecule has 0 fully saturated rings. The van der Waals surface area contributed by atoms with Crippen molar-refractivity contribution in [2.45, 2.75) is 147 Å².